The lowest BCUT2D eigenvalue weighted by atomic mass is 9.90. The Morgan fingerprint density at radius 2 is 1.57 bits per heavy atom. The van der Waals surface area contributed by atoms with Crippen LogP contribution < -0.4 is 9.47 Å². The van der Waals surface area contributed by atoms with Gasteiger partial charge < -0.3 is 18.9 Å². The van der Waals surface area contributed by atoms with E-state index in [1.54, 1.807) is 14.2 Å². The van der Waals surface area contributed by atoms with E-state index in [1.807, 2.05) is 23.1 Å². The first kappa shape index (κ1) is 23.6. The number of rotatable bonds is 6. The van der Waals surface area contributed by atoms with Crippen molar-refractivity contribution in [2.45, 2.75) is 30.8 Å². The van der Waals surface area contributed by atoms with Crippen LogP contribution in [0.5, 0.6) is 11.5 Å². The summed E-state index contributed by atoms with van der Waals surface area (Å²) < 4.78 is 22.7. The summed E-state index contributed by atoms with van der Waals surface area (Å²) in [7, 11) is 3.32. The maximum atomic E-state index is 13.4. The molecule has 3 aromatic carbocycles. The van der Waals surface area contributed by atoms with Crippen molar-refractivity contribution in [1.82, 2.24) is 4.90 Å². The lowest BCUT2D eigenvalue weighted by Crippen LogP contribution is -2.56. The summed E-state index contributed by atoms with van der Waals surface area (Å²) >= 11 is 0. The molecule has 2 bridgehead atoms. The monoisotopic (exact) mass is 497 g/mol. The molecule has 6 rings (SSSR count). The maximum Gasteiger partial charge on any atom is 0.410 e. The van der Waals surface area contributed by atoms with Crippen LogP contribution in [-0.2, 0) is 15.9 Å². The van der Waals surface area contributed by atoms with E-state index in [2.05, 4.69) is 54.6 Å². The smallest absolute Gasteiger partial charge is 0.410 e. The summed E-state index contributed by atoms with van der Waals surface area (Å²) in [5, 5.41) is 0. The molecule has 0 aromatic heterocycles. The lowest BCUT2D eigenvalue weighted by Gasteiger charge is -2.44. The number of methoxy groups -OCH3 is 2. The number of benzene rings is 3. The molecule has 2 unspecified atom stereocenters. The molecule has 6 heteroatoms. The van der Waals surface area contributed by atoms with Gasteiger partial charge in [0.15, 0.2) is 0 Å². The van der Waals surface area contributed by atoms with Gasteiger partial charge in [0.2, 0.25) is 0 Å². The molecule has 1 amide bonds. The van der Waals surface area contributed by atoms with Gasteiger partial charge in [0, 0.05) is 12.0 Å². The number of amides is 1. The predicted octanol–water partition coefficient (Wildman–Crippen LogP) is 5.59. The topological polar surface area (TPSA) is 57.2 Å². The molecule has 2 aliphatic heterocycles. The van der Waals surface area contributed by atoms with E-state index in [0.29, 0.717) is 19.8 Å². The number of hydrogen-bond donors (Lipinski definition) is 0. The molecule has 1 fully saturated rings. The molecular weight excluding hydrogens is 466 g/mol. The van der Waals surface area contributed by atoms with Crippen molar-refractivity contribution in [3.63, 3.8) is 0 Å². The molecule has 1 saturated heterocycles. The van der Waals surface area contributed by atoms with Gasteiger partial charge >= 0.3 is 6.09 Å². The summed E-state index contributed by atoms with van der Waals surface area (Å²) in [6.07, 6.45) is 3.43. The Labute approximate surface area is 217 Å². The van der Waals surface area contributed by atoms with Crippen molar-refractivity contribution in [3.05, 3.63) is 95.1 Å². The standard InChI is InChI=1S/C31H31NO5/c1-34-24-14-21(15-25(16-24)35-2)11-20-12-22-17-36-18-23(13-20)32(22)31(33)37-19-30-28-9-5-3-7-26(28)27-8-4-6-10-29(27)30/h3-10,12,14-16,22-23,30H,11,13,17-19H2,1-2H3. The Hall–Kier alpha value is -3.77. The van der Waals surface area contributed by atoms with Crippen molar-refractivity contribution in [1.29, 1.82) is 0 Å². The van der Waals surface area contributed by atoms with E-state index in [-0.39, 0.29) is 24.1 Å². The SMILES string of the molecule is COc1cc(CC2=CC3COCC(C2)N3C(=O)OCC2c3ccccc3-c3ccccc32)cc(OC)c1. The zero-order valence-electron chi connectivity index (χ0n) is 21.2. The van der Waals surface area contributed by atoms with E-state index in [9.17, 15) is 4.79 Å². The van der Waals surface area contributed by atoms with Crippen LogP contribution in [0.4, 0.5) is 4.79 Å². The van der Waals surface area contributed by atoms with E-state index < -0.39 is 0 Å². The van der Waals surface area contributed by atoms with Crippen LogP contribution >= 0.6 is 0 Å². The van der Waals surface area contributed by atoms with Gasteiger partial charge in [-0.15, -0.1) is 0 Å². The van der Waals surface area contributed by atoms with Crippen molar-refractivity contribution in [3.8, 4) is 22.6 Å². The summed E-state index contributed by atoms with van der Waals surface area (Å²) in [6, 6.07) is 22.6. The third kappa shape index (κ3) is 4.46. The van der Waals surface area contributed by atoms with Crippen LogP contribution in [0.1, 0.15) is 29.0 Å². The third-order valence-corrected chi connectivity index (χ3v) is 7.66. The summed E-state index contributed by atoms with van der Waals surface area (Å²) in [6.45, 7) is 1.31. The molecule has 3 aromatic rings. The third-order valence-electron chi connectivity index (χ3n) is 7.66. The second kappa shape index (κ2) is 9.94. The molecule has 6 nitrogen and oxygen atoms in total. The quantitative estimate of drug-likeness (QED) is 0.415. The van der Waals surface area contributed by atoms with Crippen molar-refractivity contribution in [2.24, 2.45) is 0 Å². The lowest BCUT2D eigenvalue weighted by molar-refractivity contribution is -0.0363. The van der Waals surface area contributed by atoms with Crippen molar-refractivity contribution in [2.75, 3.05) is 34.0 Å². The van der Waals surface area contributed by atoms with Gasteiger partial charge in [-0.25, -0.2) is 4.79 Å². The highest BCUT2D eigenvalue weighted by atomic mass is 16.6. The van der Waals surface area contributed by atoms with Gasteiger partial charge in [0.05, 0.1) is 39.5 Å². The molecule has 2 heterocycles. The zero-order chi connectivity index (χ0) is 25.4. The van der Waals surface area contributed by atoms with Gasteiger partial charge in [-0.1, -0.05) is 60.2 Å². The molecule has 0 N–H and O–H groups in total. The van der Waals surface area contributed by atoms with Gasteiger partial charge in [-0.05, 0) is 52.8 Å². The molecular formula is C31H31NO5. The molecule has 190 valence electrons. The van der Waals surface area contributed by atoms with Crippen LogP contribution in [0.3, 0.4) is 0 Å². The van der Waals surface area contributed by atoms with E-state index >= 15 is 0 Å². The average Bonchev–Trinajstić information content (AvgIpc) is 3.24. The fourth-order valence-electron chi connectivity index (χ4n) is 6.00. The van der Waals surface area contributed by atoms with Crippen molar-refractivity contribution >= 4 is 6.09 Å². The summed E-state index contributed by atoms with van der Waals surface area (Å²) in [5.41, 5.74) is 7.30. The van der Waals surface area contributed by atoms with Crippen molar-refractivity contribution < 1.29 is 23.7 Å². The second-order valence-electron chi connectivity index (χ2n) is 9.90. The first-order chi connectivity index (χ1) is 18.1. The summed E-state index contributed by atoms with van der Waals surface area (Å²) in [5.74, 6) is 1.59. The fourth-order valence-corrected chi connectivity index (χ4v) is 6.00. The molecule has 0 radical (unpaired) electrons. The molecule has 2 atom stereocenters. The highest BCUT2D eigenvalue weighted by molar-refractivity contribution is 5.79. The Morgan fingerprint density at radius 1 is 0.919 bits per heavy atom. The largest absolute Gasteiger partial charge is 0.497 e. The number of fused-ring (bicyclic) bond motifs is 5. The normalized spacial score (nSPS) is 20.1. The molecule has 0 spiro atoms. The Balaban J connectivity index is 1.18. The number of ether oxygens (including phenoxy) is 4. The van der Waals surface area contributed by atoms with Gasteiger partial charge in [0.25, 0.3) is 0 Å². The van der Waals surface area contributed by atoms with Crippen LogP contribution in [0, 0.1) is 0 Å². The second-order valence-corrected chi connectivity index (χ2v) is 9.90. The molecule has 1 aliphatic carbocycles. The predicted molar refractivity (Wildman–Crippen MR) is 141 cm³/mol. The minimum atomic E-state index is -0.265. The van der Waals surface area contributed by atoms with E-state index in [4.69, 9.17) is 18.9 Å². The fraction of sp³-hybridized carbons (Fsp3) is 0.323. The van der Waals surface area contributed by atoms with Crippen LogP contribution in [0.25, 0.3) is 11.1 Å². The number of morpholine rings is 1. The first-order valence-electron chi connectivity index (χ1n) is 12.8. The number of carbonyl (C=O) groups is 1. The van der Waals surface area contributed by atoms with Gasteiger partial charge in [0.1, 0.15) is 18.1 Å². The Bertz CT molecular complexity index is 1280. The first-order valence-corrected chi connectivity index (χ1v) is 12.8. The average molecular weight is 498 g/mol. The van der Waals surface area contributed by atoms with E-state index in [0.717, 1.165) is 29.9 Å². The van der Waals surface area contributed by atoms with Gasteiger partial charge in [-0.3, -0.25) is 4.90 Å². The van der Waals surface area contributed by atoms with Gasteiger partial charge in [-0.2, -0.15) is 0 Å². The number of nitrogens with zero attached hydrogens (tertiary/aromatic N) is 1. The Kier molecular flexibility index (Phi) is 6.35. The Morgan fingerprint density at radius 3 is 2.19 bits per heavy atom. The number of carbonyl (C=O) groups excluding carboxylic acids is 1. The number of hydrogen-bond acceptors (Lipinski definition) is 5. The van der Waals surface area contributed by atoms with Crippen LogP contribution in [-0.4, -0.2) is 57.1 Å². The summed E-state index contributed by atoms with van der Waals surface area (Å²) in [4.78, 5) is 15.3. The minimum absolute atomic E-state index is 0.0399. The van der Waals surface area contributed by atoms with Crippen LogP contribution in [0.15, 0.2) is 78.4 Å². The zero-order valence-corrected chi connectivity index (χ0v) is 21.2. The minimum Gasteiger partial charge on any atom is -0.497 e. The van der Waals surface area contributed by atoms with Crippen LogP contribution in [0.2, 0.25) is 0 Å². The molecule has 0 saturated carbocycles. The van der Waals surface area contributed by atoms with E-state index in [1.165, 1.54) is 27.8 Å². The highest BCUT2D eigenvalue weighted by Gasteiger charge is 2.39. The molecule has 37 heavy (non-hydrogen) atoms. The highest BCUT2D eigenvalue weighted by Crippen LogP contribution is 2.44. The maximum absolute atomic E-state index is 13.4. The molecule has 3 aliphatic rings.